The highest BCUT2D eigenvalue weighted by Gasteiger charge is 2.30. The number of anilines is 2. The predicted molar refractivity (Wildman–Crippen MR) is 88.3 cm³/mol. The molecule has 2 N–H and O–H groups in total. The van der Waals surface area contributed by atoms with Gasteiger partial charge in [-0.1, -0.05) is 17.7 Å². The first-order valence-corrected chi connectivity index (χ1v) is 7.91. The SMILES string of the molecule is CNC1C(=O)Nc2cc(N(C)Cc3cccs3)c(Cl)cc21. The van der Waals surface area contributed by atoms with Gasteiger partial charge in [-0.2, -0.15) is 0 Å². The molecule has 110 valence electrons. The second-order valence-corrected chi connectivity index (χ2v) is 6.48. The van der Waals surface area contributed by atoms with Crippen molar-refractivity contribution in [3.05, 3.63) is 45.1 Å². The molecule has 4 nitrogen and oxygen atoms in total. The highest BCUT2D eigenvalue weighted by Crippen LogP contribution is 2.38. The molecule has 0 spiro atoms. The first kappa shape index (κ1) is 14.4. The molecule has 0 aliphatic carbocycles. The van der Waals surface area contributed by atoms with Gasteiger partial charge in [0.25, 0.3) is 0 Å². The molecule has 1 aromatic heterocycles. The van der Waals surface area contributed by atoms with Crippen LogP contribution in [0.5, 0.6) is 0 Å². The maximum absolute atomic E-state index is 11.9. The van der Waals surface area contributed by atoms with Gasteiger partial charge in [-0.05, 0) is 30.6 Å². The largest absolute Gasteiger partial charge is 0.368 e. The third-order valence-electron chi connectivity index (χ3n) is 3.62. The lowest BCUT2D eigenvalue weighted by Crippen LogP contribution is -2.23. The van der Waals surface area contributed by atoms with Crippen molar-refractivity contribution in [2.24, 2.45) is 0 Å². The van der Waals surface area contributed by atoms with E-state index in [9.17, 15) is 4.79 Å². The van der Waals surface area contributed by atoms with E-state index in [0.717, 1.165) is 23.5 Å². The molecule has 1 amide bonds. The molecule has 0 bridgehead atoms. The standard InChI is InChI=1S/C15H16ClN3OS/c1-17-14-10-6-11(16)13(7-12(10)18-15(14)20)19(2)8-9-4-3-5-21-9/h3-7,14,17H,8H2,1-2H3,(H,18,20). The number of carbonyl (C=O) groups is 1. The molecule has 6 heteroatoms. The molecule has 21 heavy (non-hydrogen) atoms. The van der Waals surface area contributed by atoms with Gasteiger partial charge in [0.05, 0.1) is 17.3 Å². The van der Waals surface area contributed by atoms with E-state index in [4.69, 9.17) is 11.6 Å². The third kappa shape index (κ3) is 2.64. The molecule has 1 aliphatic heterocycles. The van der Waals surface area contributed by atoms with Crippen LogP contribution in [0.1, 0.15) is 16.5 Å². The van der Waals surface area contributed by atoms with Crippen molar-refractivity contribution in [3.63, 3.8) is 0 Å². The number of amides is 1. The van der Waals surface area contributed by atoms with Gasteiger partial charge in [0.1, 0.15) is 6.04 Å². The Kier molecular flexibility index (Phi) is 3.89. The Balaban J connectivity index is 1.91. The topological polar surface area (TPSA) is 44.4 Å². The number of fused-ring (bicyclic) bond motifs is 1. The smallest absolute Gasteiger partial charge is 0.246 e. The molecule has 0 radical (unpaired) electrons. The fraction of sp³-hybridized carbons (Fsp3) is 0.267. The van der Waals surface area contributed by atoms with Gasteiger partial charge in [0, 0.05) is 23.2 Å². The van der Waals surface area contributed by atoms with Crippen molar-refractivity contribution in [3.8, 4) is 0 Å². The van der Waals surface area contributed by atoms with Crippen molar-refractivity contribution in [1.82, 2.24) is 5.32 Å². The maximum Gasteiger partial charge on any atom is 0.246 e. The molecule has 2 heterocycles. The molecule has 3 rings (SSSR count). The van der Waals surface area contributed by atoms with Crippen LogP contribution in [-0.4, -0.2) is 20.0 Å². The van der Waals surface area contributed by atoms with Crippen LogP contribution in [0.2, 0.25) is 5.02 Å². The molecule has 1 aromatic carbocycles. The van der Waals surface area contributed by atoms with E-state index in [2.05, 4.69) is 27.0 Å². The summed E-state index contributed by atoms with van der Waals surface area (Å²) in [6.45, 7) is 0.791. The predicted octanol–water partition coefficient (Wildman–Crippen LogP) is 3.25. The second-order valence-electron chi connectivity index (χ2n) is 5.04. The van der Waals surface area contributed by atoms with Crippen LogP contribution in [0.25, 0.3) is 0 Å². The van der Waals surface area contributed by atoms with E-state index in [1.807, 2.05) is 25.2 Å². The summed E-state index contributed by atoms with van der Waals surface area (Å²) in [5, 5.41) is 8.61. The monoisotopic (exact) mass is 321 g/mol. The van der Waals surface area contributed by atoms with Crippen molar-refractivity contribution in [2.75, 3.05) is 24.3 Å². The average Bonchev–Trinajstić information content (AvgIpc) is 3.04. The van der Waals surface area contributed by atoms with E-state index in [1.165, 1.54) is 4.88 Å². The van der Waals surface area contributed by atoms with Crippen molar-refractivity contribution >= 4 is 40.2 Å². The lowest BCUT2D eigenvalue weighted by Gasteiger charge is -2.21. The zero-order valence-electron chi connectivity index (χ0n) is 11.8. The maximum atomic E-state index is 11.9. The van der Waals surface area contributed by atoms with Gasteiger partial charge in [-0.3, -0.25) is 4.79 Å². The van der Waals surface area contributed by atoms with Crippen LogP contribution in [0.15, 0.2) is 29.6 Å². The van der Waals surface area contributed by atoms with Gasteiger partial charge in [-0.25, -0.2) is 0 Å². The summed E-state index contributed by atoms with van der Waals surface area (Å²) in [7, 11) is 3.77. The lowest BCUT2D eigenvalue weighted by atomic mass is 10.1. The normalized spacial score (nSPS) is 16.7. The summed E-state index contributed by atoms with van der Waals surface area (Å²) in [5.74, 6) is -0.0402. The zero-order valence-corrected chi connectivity index (χ0v) is 13.4. The molecular weight excluding hydrogens is 306 g/mol. The lowest BCUT2D eigenvalue weighted by molar-refractivity contribution is -0.117. The fourth-order valence-electron chi connectivity index (χ4n) is 2.57. The number of benzene rings is 1. The Hall–Kier alpha value is -1.56. The summed E-state index contributed by atoms with van der Waals surface area (Å²) in [4.78, 5) is 15.2. The average molecular weight is 322 g/mol. The highest BCUT2D eigenvalue weighted by atomic mass is 35.5. The summed E-state index contributed by atoms with van der Waals surface area (Å²) < 4.78 is 0. The van der Waals surface area contributed by atoms with E-state index in [0.29, 0.717) is 5.02 Å². The summed E-state index contributed by atoms with van der Waals surface area (Å²) >= 11 is 8.12. The number of likely N-dealkylation sites (N-methyl/N-ethyl adjacent to an activating group) is 1. The number of hydrogen-bond donors (Lipinski definition) is 2. The molecule has 0 fully saturated rings. The van der Waals surface area contributed by atoms with Gasteiger partial charge < -0.3 is 15.5 Å². The number of nitrogens with one attached hydrogen (secondary N) is 2. The third-order valence-corrected chi connectivity index (χ3v) is 4.79. The molecule has 1 unspecified atom stereocenters. The first-order chi connectivity index (χ1) is 10.1. The van der Waals surface area contributed by atoms with Crippen LogP contribution in [-0.2, 0) is 11.3 Å². The molecule has 0 saturated heterocycles. The van der Waals surface area contributed by atoms with Crippen LogP contribution < -0.4 is 15.5 Å². The highest BCUT2D eigenvalue weighted by molar-refractivity contribution is 7.09. The van der Waals surface area contributed by atoms with Crippen LogP contribution >= 0.6 is 22.9 Å². The molecule has 2 aromatic rings. The second kappa shape index (κ2) is 5.67. The minimum atomic E-state index is -0.325. The molecule has 1 aliphatic rings. The number of carbonyl (C=O) groups excluding carboxylic acids is 1. The Morgan fingerprint density at radius 3 is 2.95 bits per heavy atom. The van der Waals surface area contributed by atoms with Crippen LogP contribution in [0.4, 0.5) is 11.4 Å². The Morgan fingerprint density at radius 2 is 2.29 bits per heavy atom. The first-order valence-electron chi connectivity index (χ1n) is 6.65. The Labute approximate surface area is 132 Å². The van der Waals surface area contributed by atoms with E-state index in [1.54, 1.807) is 18.4 Å². The van der Waals surface area contributed by atoms with Crippen LogP contribution in [0, 0.1) is 0 Å². The number of rotatable bonds is 4. The number of nitrogens with zero attached hydrogens (tertiary/aromatic N) is 1. The number of thiophene rings is 1. The quantitative estimate of drug-likeness (QED) is 0.908. The molecule has 0 saturated carbocycles. The summed E-state index contributed by atoms with van der Waals surface area (Å²) in [5.41, 5.74) is 2.65. The van der Waals surface area contributed by atoms with Crippen molar-refractivity contribution in [2.45, 2.75) is 12.6 Å². The van der Waals surface area contributed by atoms with Gasteiger partial charge >= 0.3 is 0 Å². The molecular formula is C15H16ClN3OS. The summed E-state index contributed by atoms with van der Waals surface area (Å²) in [6.07, 6.45) is 0. The van der Waals surface area contributed by atoms with E-state index >= 15 is 0 Å². The zero-order chi connectivity index (χ0) is 15.0. The Morgan fingerprint density at radius 1 is 1.48 bits per heavy atom. The molecule has 1 atom stereocenters. The summed E-state index contributed by atoms with van der Waals surface area (Å²) in [6, 6.07) is 7.63. The van der Waals surface area contributed by atoms with Gasteiger partial charge in [-0.15, -0.1) is 11.3 Å². The van der Waals surface area contributed by atoms with E-state index < -0.39 is 0 Å². The number of halogens is 1. The minimum absolute atomic E-state index is 0.0402. The van der Waals surface area contributed by atoms with Crippen LogP contribution in [0.3, 0.4) is 0 Å². The van der Waals surface area contributed by atoms with Gasteiger partial charge in [0.2, 0.25) is 5.91 Å². The van der Waals surface area contributed by atoms with Gasteiger partial charge in [0.15, 0.2) is 0 Å². The van der Waals surface area contributed by atoms with E-state index in [-0.39, 0.29) is 11.9 Å². The van der Waals surface area contributed by atoms with Crippen molar-refractivity contribution in [1.29, 1.82) is 0 Å². The minimum Gasteiger partial charge on any atom is -0.368 e. The van der Waals surface area contributed by atoms with Crippen molar-refractivity contribution < 1.29 is 4.79 Å². The Bertz CT molecular complexity index is 672. The fourth-order valence-corrected chi connectivity index (χ4v) is 3.64. The number of hydrogen-bond acceptors (Lipinski definition) is 4.